The van der Waals surface area contributed by atoms with Crippen molar-refractivity contribution in [3.8, 4) is 11.6 Å². The lowest BCUT2D eigenvalue weighted by Gasteiger charge is -2.00. The van der Waals surface area contributed by atoms with E-state index in [9.17, 15) is 0 Å². The summed E-state index contributed by atoms with van der Waals surface area (Å²) in [6.07, 6.45) is 3.80. The largest absolute Gasteiger partial charge is 0.458 e. The van der Waals surface area contributed by atoms with Gasteiger partial charge in [-0.25, -0.2) is 4.98 Å². The van der Waals surface area contributed by atoms with Gasteiger partial charge in [-0.15, -0.1) is 0 Å². The summed E-state index contributed by atoms with van der Waals surface area (Å²) in [6.45, 7) is 2.46. The molecule has 0 aliphatic rings. The van der Waals surface area contributed by atoms with Crippen LogP contribution in [0.15, 0.2) is 41.1 Å². The van der Waals surface area contributed by atoms with Gasteiger partial charge < -0.3 is 10.2 Å². The Labute approximate surface area is 98.7 Å². The van der Waals surface area contributed by atoms with Crippen molar-refractivity contribution in [3.63, 3.8) is 0 Å². The highest BCUT2D eigenvalue weighted by Crippen LogP contribution is 2.22. The Morgan fingerprint density at radius 2 is 2.24 bits per heavy atom. The molecule has 0 amide bonds. The van der Waals surface area contributed by atoms with Crippen molar-refractivity contribution in [3.05, 3.63) is 48.0 Å². The fourth-order valence-corrected chi connectivity index (χ4v) is 1.91. The molecule has 3 rings (SSSR count). The van der Waals surface area contributed by atoms with E-state index in [0.29, 0.717) is 6.54 Å². The minimum atomic E-state index is 0.539. The van der Waals surface area contributed by atoms with Gasteiger partial charge in [-0.2, -0.15) is 0 Å². The number of nitrogens with zero attached hydrogens (tertiary/aromatic N) is 2. The van der Waals surface area contributed by atoms with Crippen LogP contribution in [-0.2, 0) is 6.54 Å². The zero-order valence-electron chi connectivity index (χ0n) is 9.55. The first-order valence-corrected chi connectivity index (χ1v) is 5.51. The molecule has 86 valence electrons. The van der Waals surface area contributed by atoms with Crippen LogP contribution in [0.25, 0.3) is 17.1 Å². The van der Waals surface area contributed by atoms with E-state index >= 15 is 0 Å². The molecule has 3 aromatic rings. The molecule has 0 saturated carbocycles. The summed E-state index contributed by atoms with van der Waals surface area (Å²) in [6, 6.07) is 7.89. The van der Waals surface area contributed by atoms with Crippen molar-refractivity contribution in [1.82, 2.24) is 9.38 Å². The van der Waals surface area contributed by atoms with Crippen LogP contribution in [0.5, 0.6) is 0 Å². The van der Waals surface area contributed by atoms with E-state index in [4.69, 9.17) is 10.2 Å². The molecule has 0 saturated heterocycles. The first kappa shape index (κ1) is 10.1. The van der Waals surface area contributed by atoms with Gasteiger partial charge in [0.2, 0.25) is 0 Å². The van der Waals surface area contributed by atoms with E-state index in [0.717, 1.165) is 28.4 Å². The van der Waals surface area contributed by atoms with Crippen LogP contribution in [0.2, 0.25) is 0 Å². The second-order valence-corrected chi connectivity index (χ2v) is 4.03. The Morgan fingerprint density at radius 3 is 2.94 bits per heavy atom. The average molecular weight is 227 g/mol. The molecule has 0 bridgehead atoms. The molecule has 3 heterocycles. The molecule has 3 aromatic heterocycles. The Kier molecular flexibility index (Phi) is 2.23. The fourth-order valence-electron chi connectivity index (χ4n) is 1.91. The van der Waals surface area contributed by atoms with Crippen LogP contribution in [-0.4, -0.2) is 9.38 Å². The molecule has 2 N–H and O–H groups in total. The zero-order chi connectivity index (χ0) is 11.8. The van der Waals surface area contributed by atoms with Gasteiger partial charge in [-0.1, -0.05) is 0 Å². The number of aromatic nitrogens is 2. The summed E-state index contributed by atoms with van der Waals surface area (Å²) in [5, 5.41) is 0. The molecule has 0 aliphatic heterocycles. The lowest BCUT2D eigenvalue weighted by Crippen LogP contribution is -1.97. The average Bonchev–Trinajstić information content (AvgIpc) is 2.93. The zero-order valence-corrected chi connectivity index (χ0v) is 9.55. The molecule has 4 heteroatoms. The Morgan fingerprint density at radius 1 is 1.35 bits per heavy atom. The first-order chi connectivity index (χ1) is 8.28. The molecular formula is C13H13N3O. The number of nitrogens with two attached hydrogens (primary N) is 1. The van der Waals surface area contributed by atoms with Gasteiger partial charge in [0.1, 0.15) is 5.76 Å². The first-order valence-electron chi connectivity index (χ1n) is 5.51. The molecule has 4 nitrogen and oxygen atoms in total. The van der Waals surface area contributed by atoms with E-state index in [1.165, 1.54) is 0 Å². The minimum absolute atomic E-state index is 0.539. The summed E-state index contributed by atoms with van der Waals surface area (Å²) in [5.74, 6) is 2.48. The number of rotatable bonds is 2. The van der Waals surface area contributed by atoms with Crippen LogP contribution >= 0.6 is 0 Å². The highest BCUT2D eigenvalue weighted by molar-refractivity contribution is 5.59. The van der Waals surface area contributed by atoms with Crippen LogP contribution in [0.3, 0.4) is 0 Å². The normalized spacial score (nSPS) is 11.2. The van der Waals surface area contributed by atoms with E-state index in [-0.39, 0.29) is 0 Å². The van der Waals surface area contributed by atoms with Crippen molar-refractivity contribution in [2.75, 3.05) is 0 Å². The number of imidazole rings is 1. The highest BCUT2D eigenvalue weighted by Gasteiger charge is 2.09. The monoisotopic (exact) mass is 227 g/mol. The smallest absolute Gasteiger partial charge is 0.180 e. The van der Waals surface area contributed by atoms with Crippen molar-refractivity contribution in [1.29, 1.82) is 0 Å². The quantitative estimate of drug-likeness (QED) is 0.731. The maximum Gasteiger partial charge on any atom is 0.180 e. The van der Waals surface area contributed by atoms with Gasteiger partial charge in [0, 0.05) is 12.7 Å². The van der Waals surface area contributed by atoms with Gasteiger partial charge in [0.05, 0.1) is 11.7 Å². The van der Waals surface area contributed by atoms with Gasteiger partial charge >= 0.3 is 0 Å². The standard InChI is InChI=1S/C13H13N3O/c1-9-2-3-12(17-9)13-15-8-11-6-10(7-14)4-5-16(11)13/h2-6,8H,7,14H2,1H3. The number of hydrogen-bond donors (Lipinski definition) is 1. The van der Waals surface area contributed by atoms with E-state index < -0.39 is 0 Å². The maximum absolute atomic E-state index is 5.61. The molecular weight excluding hydrogens is 214 g/mol. The molecule has 0 aliphatic carbocycles. The lowest BCUT2D eigenvalue weighted by atomic mass is 10.2. The third-order valence-electron chi connectivity index (χ3n) is 2.79. The number of pyridine rings is 1. The third kappa shape index (κ3) is 1.62. The second-order valence-electron chi connectivity index (χ2n) is 4.03. The molecule has 0 unspecified atom stereocenters. The van der Waals surface area contributed by atoms with E-state index in [1.54, 1.807) is 0 Å². The van der Waals surface area contributed by atoms with Crippen molar-refractivity contribution in [2.45, 2.75) is 13.5 Å². The van der Waals surface area contributed by atoms with Gasteiger partial charge in [0.15, 0.2) is 11.6 Å². The fraction of sp³-hybridized carbons (Fsp3) is 0.154. The second kappa shape index (κ2) is 3.75. The Balaban J connectivity index is 2.18. The number of hydrogen-bond acceptors (Lipinski definition) is 3. The number of furan rings is 1. The predicted octanol–water partition coefficient (Wildman–Crippen LogP) is 2.36. The Bertz CT molecular complexity index is 666. The third-order valence-corrected chi connectivity index (χ3v) is 2.79. The summed E-state index contributed by atoms with van der Waals surface area (Å²) >= 11 is 0. The molecule has 17 heavy (non-hydrogen) atoms. The lowest BCUT2D eigenvalue weighted by molar-refractivity contribution is 0.544. The van der Waals surface area contributed by atoms with Crippen molar-refractivity contribution < 1.29 is 4.42 Å². The molecule has 0 aromatic carbocycles. The topological polar surface area (TPSA) is 56.5 Å². The molecule has 0 spiro atoms. The van der Waals surface area contributed by atoms with Crippen LogP contribution < -0.4 is 5.73 Å². The predicted molar refractivity (Wildman–Crippen MR) is 65.5 cm³/mol. The molecule has 0 fully saturated rings. The summed E-state index contributed by atoms with van der Waals surface area (Å²) in [7, 11) is 0. The van der Waals surface area contributed by atoms with E-state index in [1.807, 2.05) is 48.0 Å². The van der Waals surface area contributed by atoms with Gasteiger partial charge in [-0.3, -0.25) is 4.40 Å². The van der Waals surface area contributed by atoms with Gasteiger partial charge in [-0.05, 0) is 36.8 Å². The van der Waals surface area contributed by atoms with Crippen LogP contribution in [0.4, 0.5) is 0 Å². The SMILES string of the molecule is Cc1ccc(-c2ncc3cc(CN)ccn23)o1. The van der Waals surface area contributed by atoms with Crippen LogP contribution in [0.1, 0.15) is 11.3 Å². The maximum atomic E-state index is 5.61. The molecule has 0 atom stereocenters. The number of aryl methyl sites for hydroxylation is 1. The summed E-state index contributed by atoms with van der Waals surface area (Å²) in [5.41, 5.74) is 7.74. The highest BCUT2D eigenvalue weighted by atomic mass is 16.3. The molecule has 0 radical (unpaired) electrons. The van der Waals surface area contributed by atoms with Crippen molar-refractivity contribution in [2.24, 2.45) is 5.73 Å². The van der Waals surface area contributed by atoms with Gasteiger partial charge in [0.25, 0.3) is 0 Å². The van der Waals surface area contributed by atoms with Crippen LogP contribution in [0, 0.1) is 6.92 Å². The Hall–Kier alpha value is -2.07. The summed E-state index contributed by atoms with van der Waals surface area (Å²) < 4.78 is 7.58. The number of fused-ring (bicyclic) bond motifs is 1. The van der Waals surface area contributed by atoms with Crippen molar-refractivity contribution >= 4 is 5.52 Å². The summed E-state index contributed by atoms with van der Waals surface area (Å²) in [4.78, 5) is 4.38. The van der Waals surface area contributed by atoms with E-state index in [2.05, 4.69) is 4.98 Å². The minimum Gasteiger partial charge on any atom is -0.458 e.